The Hall–Kier alpha value is -3.02. The van der Waals surface area contributed by atoms with E-state index in [0.717, 1.165) is 24.2 Å². The lowest BCUT2D eigenvalue weighted by molar-refractivity contribution is 0.247. The van der Waals surface area contributed by atoms with Crippen LogP contribution in [0.2, 0.25) is 0 Å². The average Bonchev–Trinajstić information content (AvgIpc) is 2.63. The first-order valence-electron chi connectivity index (χ1n) is 8.21. The molecule has 2 aromatic carbocycles. The van der Waals surface area contributed by atoms with Crippen molar-refractivity contribution in [2.45, 2.75) is 19.8 Å². The van der Waals surface area contributed by atoms with E-state index in [-0.39, 0.29) is 0 Å². The number of hydrazone groups is 1. The molecule has 0 aliphatic carbocycles. The highest BCUT2D eigenvalue weighted by Gasteiger charge is 2.01. The van der Waals surface area contributed by atoms with Crippen LogP contribution in [0.3, 0.4) is 0 Å². The summed E-state index contributed by atoms with van der Waals surface area (Å²) in [5, 5.41) is 3.75. The summed E-state index contributed by atoms with van der Waals surface area (Å²) in [5.41, 5.74) is 9.17. The van der Waals surface area contributed by atoms with Crippen LogP contribution >= 0.6 is 0 Å². The fourth-order valence-electron chi connectivity index (χ4n) is 2.14. The number of hydrogen-bond acceptors (Lipinski definition) is 4. The van der Waals surface area contributed by atoms with Crippen molar-refractivity contribution in [1.82, 2.24) is 5.43 Å². The molecule has 0 aliphatic rings. The lowest BCUT2D eigenvalue weighted by Crippen LogP contribution is -2.24. The van der Waals surface area contributed by atoms with E-state index < -0.39 is 6.03 Å². The van der Waals surface area contributed by atoms with Crippen LogP contribution in [-0.2, 0) is 6.42 Å². The van der Waals surface area contributed by atoms with Gasteiger partial charge in [0.05, 0.1) is 19.4 Å². The molecule has 0 unspecified atom stereocenters. The second-order valence-electron chi connectivity index (χ2n) is 5.32. The number of ether oxygens (including phenoxy) is 2. The number of nitrogens with zero attached hydrogens (tertiary/aromatic N) is 1. The van der Waals surface area contributed by atoms with Crippen LogP contribution in [0.1, 0.15) is 24.5 Å². The number of carbonyl (C=O) groups excluding carboxylic acids is 1. The Morgan fingerprint density at radius 2 is 1.84 bits per heavy atom. The van der Waals surface area contributed by atoms with Crippen LogP contribution in [0, 0.1) is 0 Å². The standard InChI is InChI=1S/C19H23N3O3/c1-2-15-8-10-17(11-9-15)24-12-5-13-25-18-7-4-3-6-16(18)14-21-22-19(20)23/h3-4,6-11,14H,2,5,12-13H2,1H3,(H3,20,22,23)/b21-14-. The maximum Gasteiger partial charge on any atom is 0.332 e. The number of urea groups is 1. The smallest absolute Gasteiger partial charge is 0.332 e. The molecular weight excluding hydrogens is 318 g/mol. The van der Waals surface area contributed by atoms with Crippen molar-refractivity contribution < 1.29 is 14.3 Å². The number of rotatable bonds is 9. The van der Waals surface area contributed by atoms with Crippen LogP contribution in [0.15, 0.2) is 53.6 Å². The van der Waals surface area contributed by atoms with Gasteiger partial charge in [-0.2, -0.15) is 5.10 Å². The second-order valence-corrected chi connectivity index (χ2v) is 5.32. The summed E-state index contributed by atoms with van der Waals surface area (Å²) in [4.78, 5) is 10.6. The van der Waals surface area contributed by atoms with E-state index in [9.17, 15) is 4.79 Å². The zero-order valence-electron chi connectivity index (χ0n) is 14.3. The van der Waals surface area contributed by atoms with Gasteiger partial charge in [0.25, 0.3) is 0 Å². The minimum absolute atomic E-state index is 0.515. The molecule has 0 saturated heterocycles. The highest BCUT2D eigenvalue weighted by Crippen LogP contribution is 2.16. The first-order valence-corrected chi connectivity index (χ1v) is 8.21. The minimum Gasteiger partial charge on any atom is -0.493 e. The zero-order chi connectivity index (χ0) is 17.9. The highest BCUT2D eigenvalue weighted by molar-refractivity contribution is 5.84. The lowest BCUT2D eigenvalue weighted by Gasteiger charge is -2.10. The molecule has 0 fully saturated rings. The summed E-state index contributed by atoms with van der Waals surface area (Å²) in [6.45, 7) is 3.21. The number of benzene rings is 2. The molecule has 0 spiro atoms. The maximum atomic E-state index is 10.6. The van der Waals surface area contributed by atoms with Crippen LogP contribution in [0.25, 0.3) is 0 Å². The van der Waals surface area contributed by atoms with Gasteiger partial charge in [0.2, 0.25) is 0 Å². The molecule has 25 heavy (non-hydrogen) atoms. The SMILES string of the molecule is CCc1ccc(OCCCOc2ccccc2/C=N\NC(N)=O)cc1. The summed E-state index contributed by atoms with van der Waals surface area (Å²) >= 11 is 0. The van der Waals surface area contributed by atoms with Crippen molar-refractivity contribution in [2.24, 2.45) is 10.8 Å². The average molecular weight is 341 g/mol. The highest BCUT2D eigenvalue weighted by atomic mass is 16.5. The first-order chi connectivity index (χ1) is 12.2. The molecule has 2 rings (SSSR count). The molecule has 2 amide bonds. The van der Waals surface area contributed by atoms with E-state index in [1.165, 1.54) is 11.8 Å². The van der Waals surface area contributed by atoms with E-state index in [4.69, 9.17) is 15.2 Å². The van der Waals surface area contributed by atoms with E-state index in [2.05, 4.69) is 29.6 Å². The molecule has 3 N–H and O–H groups in total. The summed E-state index contributed by atoms with van der Waals surface area (Å²) in [5.74, 6) is 1.55. The van der Waals surface area contributed by atoms with Crippen molar-refractivity contribution >= 4 is 12.2 Å². The Morgan fingerprint density at radius 1 is 1.12 bits per heavy atom. The van der Waals surface area contributed by atoms with E-state index in [1.54, 1.807) is 0 Å². The predicted molar refractivity (Wildman–Crippen MR) is 98.2 cm³/mol. The maximum absolute atomic E-state index is 10.6. The van der Waals surface area contributed by atoms with Crippen LogP contribution in [0.4, 0.5) is 4.79 Å². The summed E-state index contributed by atoms with van der Waals surface area (Å²) < 4.78 is 11.5. The van der Waals surface area contributed by atoms with E-state index >= 15 is 0 Å². The molecule has 6 nitrogen and oxygen atoms in total. The monoisotopic (exact) mass is 341 g/mol. The molecular formula is C19H23N3O3. The third kappa shape index (κ3) is 6.55. The Morgan fingerprint density at radius 3 is 2.56 bits per heavy atom. The van der Waals surface area contributed by atoms with Crippen LogP contribution < -0.4 is 20.6 Å². The van der Waals surface area contributed by atoms with Crippen LogP contribution in [-0.4, -0.2) is 25.5 Å². The van der Waals surface area contributed by atoms with Gasteiger partial charge >= 0.3 is 6.03 Å². The Kier molecular flexibility index (Phi) is 7.31. The van der Waals surface area contributed by atoms with Crippen molar-refractivity contribution in [3.63, 3.8) is 0 Å². The van der Waals surface area contributed by atoms with Crippen LogP contribution in [0.5, 0.6) is 11.5 Å². The number of para-hydroxylation sites is 1. The Balaban J connectivity index is 1.75. The first kappa shape index (κ1) is 18.3. The van der Waals surface area contributed by atoms with Gasteiger partial charge in [0, 0.05) is 12.0 Å². The van der Waals surface area contributed by atoms with Gasteiger partial charge in [-0.3, -0.25) is 0 Å². The summed E-state index contributed by atoms with van der Waals surface area (Å²) in [6, 6.07) is 14.8. The Bertz CT molecular complexity index is 699. The molecule has 0 heterocycles. The number of nitrogens with two attached hydrogens (primary N) is 1. The molecule has 0 radical (unpaired) electrons. The number of aryl methyl sites for hydroxylation is 1. The van der Waals surface area contributed by atoms with Gasteiger partial charge < -0.3 is 15.2 Å². The van der Waals surface area contributed by atoms with E-state index in [1.807, 2.05) is 36.4 Å². The fraction of sp³-hybridized carbons (Fsp3) is 0.263. The molecule has 132 valence electrons. The topological polar surface area (TPSA) is 85.9 Å². The molecule has 0 aliphatic heterocycles. The number of primary amides is 1. The predicted octanol–water partition coefficient (Wildman–Crippen LogP) is 3.10. The zero-order valence-corrected chi connectivity index (χ0v) is 14.3. The third-order valence-electron chi connectivity index (χ3n) is 3.44. The second kappa shape index (κ2) is 9.97. The number of amides is 2. The van der Waals surface area contributed by atoms with Gasteiger partial charge in [0.15, 0.2) is 0 Å². The van der Waals surface area contributed by atoms with E-state index in [0.29, 0.717) is 19.0 Å². The minimum atomic E-state index is -0.709. The third-order valence-corrected chi connectivity index (χ3v) is 3.44. The van der Waals surface area contributed by atoms with Crippen molar-refractivity contribution in [3.8, 4) is 11.5 Å². The quantitative estimate of drug-likeness (QED) is 0.417. The van der Waals surface area contributed by atoms with Crippen molar-refractivity contribution in [1.29, 1.82) is 0 Å². The van der Waals surface area contributed by atoms with Gasteiger partial charge in [-0.05, 0) is 36.2 Å². The van der Waals surface area contributed by atoms with Crippen molar-refractivity contribution in [2.75, 3.05) is 13.2 Å². The number of hydrogen-bond donors (Lipinski definition) is 2. The summed E-state index contributed by atoms with van der Waals surface area (Å²) in [6.07, 6.45) is 3.26. The van der Waals surface area contributed by atoms with Crippen molar-refractivity contribution in [3.05, 3.63) is 59.7 Å². The number of nitrogens with one attached hydrogen (secondary N) is 1. The molecule has 6 heteroatoms. The summed E-state index contributed by atoms with van der Waals surface area (Å²) in [7, 11) is 0. The Labute approximate surface area is 147 Å². The normalized spacial score (nSPS) is 10.6. The largest absolute Gasteiger partial charge is 0.493 e. The molecule has 0 saturated carbocycles. The molecule has 0 aromatic heterocycles. The van der Waals surface area contributed by atoms with Gasteiger partial charge in [0.1, 0.15) is 11.5 Å². The number of carbonyl (C=O) groups is 1. The van der Waals surface area contributed by atoms with Gasteiger partial charge in [-0.1, -0.05) is 31.2 Å². The van der Waals surface area contributed by atoms with Gasteiger partial charge in [-0.25, -0.2) is 10.2 Å². The van der Waals surface area contributed by atoms with Gasteiger partial charge in [-0.15, -0.1) is 0 Å². The molecule has 2 aromatic rings. The molecule has 0 atom stereocenters. The fourth-order valence-corrected chi connectivity index (χ4v) is 2.14. The lowest BCUT2D eigenvalue weighted by atomic mass is 10.2. The molecule has 0 bridgehead atoms.